The molecule has 0 aliphatic heterocycles. The van der Waals surface area contributed by atoms with E-state index in [0.29, 0.717) is 17.4 Å². The third-order valence-electron chi connectivity index (χ3n) is 5.37. The quantitative estimate of drug-likeness (QED) is 0.690. The van der Waals surface area contributed by atoms with Crippen LogP contribution in [0.25, 0.3) is 0 Å². The van der Waals surface area contributed by atoms with Crippen LogP contribution >= 0.6 is 0 Å². The molecule has 1 aromatic carbocycles. The molecule has 2 aliphatic rings. The smallest absolute Gasteiger partial charge is 0.337 e. The van der Waals surface area contributed by atoms with Crippen LogP contribution in [0.15, 0.2) is 48.7 Å². The van der Waals surface area contributed by atoms with E-state index in [0.717, 1.165) is 18.9 Å². The van der Waals surface area contributed by atoms with E-state index >= 15 is 0 Å². The summed E-state index contributed by atoms with van der Waals surface area (Å²) in [5, 5.41) is 16.0. The fourth-order valence-corrected chi connectivity index (χ4v) is 3.33. The lowest BCUT2D eigenvalue weighted by atomic mass is 10.1. The molecule has 5 heteroatoms. The van der Waals surface area contributed by atoms with Crippen LogP contribution in [0.4, 0.5) is 5.82 Å². The molecule has 3 N–H and O–H groups in total. The molecule has 130 valence electrons. The number of aromatic carboxylic acids is 1. The van der Waals surface area contributed by atoms with E-state index < -0.39 is 5.97 Å². The van der Waals surface area contributed by atoms with Crippen LogP contribution in [0.3, 0.4) is 0 Å². The number of carbonyl (C=O) groups is 1. The van der Waals surface area contributed by atoms with Crippen LogP contribution in [0.1, 0.15) is 41.1 Å². The van der Waals surface area contributed by atoms with Gasteiger partial charge in [0.05, 0.1) is 5.56 Å². The van der Waals surface area contributed by atoms with Gasteiger partial charge in [-0.25, -0.2) is 9.78 Å². The van der Waals surface area contributed by atoms with E-state index in [2.05, 4.69) is 45.9 Å². The largest absolute Gasteiger partial charge is 0.478 e. The topological polar surface area (TPSA) is 74.2 Å². The third-order valence-corrected chi connectivity index (χ3v) is 5.37. The van der Waals surface area contributed by atoms with Gasteiger partial charge in [-0.1, -0.05) is 30.3 Å². The van der Waals surface area contributed by atoms with Crippen LogP contribution in [-0.2, 0) is 0 Å². The van der Waals surface area contributed by atoms with Crippen molar-refractivity contribution in [3.05, 3.63) is 59.8 Å². The molecule has 0 radical (unpaired) electrons. The van der Waals surface area contributed by atoms with Crippen molar-refractivity contribution in [2.24, 2.45) is 5.41 Å². The predicted molar refractivity (Wildman–Crippen MR) is 96.9 cm³/mol. The summed E-state index contributed by atoms with van der Waals surface area (Å²) in [6.07, 6.45) is 5.08. The summed E-state index contributed by atoms with van der Waals surface area (Å²) in [5.74, 6) is 0.458. The summed E-state index contributed by atoms with van der Waals surface area (Å²) in [7, 11) is 0. The van der Waals surface area contributed by atoms with Crippen molar-refractivity contribution in [1.29, 1.82) is 0 Å². The van der Waals surface area contributed by atoms with E-state index in [9.17, 15) is 4.79 Å². The highest BCUT2D eigenvalue weighted by molar-refractivity contribution is 5.87. The molecule has 0 bridgehead atoms. The van der Waals surface area contributed by atoms with Gasteiger partial charge >= 0.3 is 5.97 Å². The first-order chi connectivity index (χ1) is 12.2. The number of rotatable bonds is 8. The molecule has 5 nitrogen and oxygen atoms in total. The van der Waals surface area contributed by atoms with E-state index in [1.807, 2.05) is 0 Å². The molecule has 2 fully saturated rings. The fraction of sp³-hybridized carbons (Fsp3) is 0.400. The highest BCUT2D eigenvalue weighted by Crippen LogP contribution is 2.47. The molecule has 4 rings (SSSR count). The molecule has 2 aromatic rings. The summed E-state index contributed by atoms with van der Waals surface area (Å²) in [4.78, 5) is 15.0. The van der Waals surface area contributed by atoms with E-state index in [1.54, 1.807) is 12.1 Å². The number of carboxylic acid groups (broad SMARTS) is 1. The molecule has 0 spiro atoms. The average Bonchev–Trinajstić information content (AvgIpc) is 3.55. The molecule has 0 amide bonds. The van der Waals surface area contributed by atoms with Gasteiger partial charge in [-0.15, -0.1) is 0 Å². The number of nitrogens with one attached hydrogen (secondary N) is 2. The van der Waals surface area contributed by atoms with Crippen molar-refractivity contribution in [1.82, 2.24) is 10.3 Å². The monoisotopic (exact) mass is 337 g/mol. The van der Waals surface area contributed by atoms with Gasteiger partial charge < -0.3 is 15.7 Å². The lowest BCUT2D eigenvalue weighted by molar-refractivity contribution is 0.0696. The van der Waals surface area contributed by atoms with Gasteiger partial charge in [-0.3, -0.25) is 0 Å². The summed E-state index contributed by atoms with van der Waals surface area (Å²) < 4.78 is 0. The minimum atomic E-state index is -0.945. The summed E-state index contributed by atoms with van der Waals surface area (Å²) >= 11 is 0. The molecular weight excluding hydrogens is 314 g/mol. The molecule has 1 heterocycles. The summed E-state index contributed by atoms with van der Waals surface area (Å²) in [6.45, 7) is 1.91. The Morgan fingerprint density at radius 2 is 1.96 bits per heavy atom. The van der Waals surface area contributed by atoms with Crippen molar-refractivity contribution in [3.63, 3.8) is 0 Å². The van der Waals surface area contributed by atoms with Crippen LogP contribution in [-0.4, -0.2) is 35.2 Å². The molecule has 2 saturated carbocycles. The molecular formula is C20H23N3O2. The Morgan fingerprint density at radius 1 is 1.16 bits per heavy atom. The maximum atomic E-state index is 10.9. The number of anilines is 1. The number of hydrogen-bond acceptors (Lipinski definition) is 4. The first-order valence-corrected chi connectivity index (χ1v) is 8.87. The Bertz CT molecular complexity index is 741. The first kappa shape index (κ1) is 16.1. The van der Waals surface area contributed by atoms with Crippen molar-refractivity contribution in [2.45, 2.75) is 31.2 Å². The maximum Gasteiger partial charge on any atom is 0.337 e. The normalized spacial score (nSPS) is 23.0. The molecule has 2 aliphatic carbocycles. The zero-order valence-electron chi connectivity index (χ0n) is 14.1. The standard InChI is InChI=1S/C20H23N3O2/c24-19(25)15-6-7-18(21-11-15)23-13-20(8-9-20)12-22-17-10-16(17)14-4-2-1-3-5-14/h1-7,11,16-17,22H,8-10,12-13H2,(H,21,23)(H,24,25)/t16-,17+/m1/s1. The number of carboxylic acids is 1. The highest BCUT2D eigenvalue weighted by atomic mass is 16.4. The second-order valence-corrected chi connectivity index (χ2v) is 7.33. The van der Waals surface area contributed by atoms with E-state index in [1.165, 1.54) is 31.0 Å². The van der Waals surface area contributed by atoms with Gasteiger partial charge in [-0.2, -0.15) is 0 Å². The highest BCUT2D eigenvalue weighted by Gasteiger charge is 2.45. The molecule has 1 aromatic heterocycles. The predicted octanol–water partition coefficient (Wildman–Crippen LogP) is 3.12. The zero-order valence-corrected chi connectivity index (χ0v) is 14.1. The zero-order chi connectivity index (χ0) is 17.3. The van der Waals surface area contributed by atoms with Crippen molar-refractivity contribution < 1.29 is 9.90 Å². The SMILES string of the molecule is O=C(O)c1ccc(NCC2(CN[C@H]3C[C@@H]3c3ccccc3)CC2)nc1. The van der Waals surface area contributed by atoms with Gasteiger partial charge in [0.1, 0.15) is 5.82 Å². The van der Waals surface area contributed by atoms with Crippen LogP contribution in [0.2, 0.25) is 0 Å². The van der Waals surface area contributed by atoms with Gasteiger partial charge in [0.2, 0.25) is 0 Å². The first-order valence-electron chi connectivity index (χ1n) is 8.87. The summed E-state index contributed by atoms with van der Waals surface area (Å²) in [5.41, 5.74) is 1.97. The Balaban J connectivity index is 1.24. The van der Waals surface area contributed by atoms with Gasteiger partial charge in [0.25, 0.3) is 0 Å². The Hall–Kier alpha value is -2.40. The fourth-order valence-electron chi connectivity index (χ4n) is 3.33. The van der Waals surface area contributed by atoms with Gasteiger partial charge in [-0.05, 0) is 37.0 Å². The minimum absolute atomic E-state index is 0.217. The van der Waals surface area contributed by atoms with Crippen LogP contribution < -0.4 is 10.6 Å². The molecule has 25 heavy (non-hydrogen) atoms. The number of aromatic nitrogens is 1. The van der Waals surface area contributed by atoms with Crippen molar-refractivity contribution in [3.8, 4) is 0 Å². The molecule has 0 saturated heterocycles. The number of hydrogen-bond donors (Lipinski definition) is 3. The van der Waals surface area contributed by atoms with Crippen LogP contribution in [0.5, 0.6) is 0 Å². The number of nitrogens with zero attached hydrogens (tertiary/aromatic N) is 1. The lowest BCUT2D eigenvalue weighted by Gasteiger charge is -2.17. The van der Waals surface area contributed by atoms with E-state index in [-0.39, 0.29) is 5.56 Å². The third kappa shape index (κ3) is 3.82. The second-order valence-electron chi connectivity index (χ2n) is 7.33. The number of benzene rings is 1. The van der Waals surface area contributed by atoms with Crippen molar-refractivity contribution in [2.75, 3.05) is 18.4 Å². The van der Waals surface area contributed by atoms with Crippen molar-refractivity contribution >= 4 is 11.8 Å². The Morgan fingerprint density at radius 3 is 2.60 bits per heavy atom. The lowest BCUT2D eigenvalue weighted by Crippen LogP contribution is -2.31. The Kier molecular flexibility index (Phi) is 4.17. The molecule has 0 unspecified atom stereocenters. The maximum absolute atomic E-state index is 10.9. The number of pyridine rings is 1. The van der Waals surface area contributed by atoms with Gasteiger partial charge in [0.15, 0.2) is 0 Å². The Labute approximate surface area is 147 Å². The van der Waals surface area contributed by atoms with Crippen LogP contribution in [0, 0.1) is 5.41 Å². The average molecular weight is 337 g/mol. The minimum Gasteiger partial charge on any atom is -0.478 e. The second kappa shape index (κ2) is 6.48. The van der Waals surface area contributed by atoms with E-state index in [4.69, 9.17) is 5.11 Å². The molecule has 2 atom stereocenters. The van der Waals surface area contributed by atoms with Gasteiger partial charge in [0, 0.05) is 36.7 Å². The summed E-state index contributed by atoms with van der Waals surface area (Å²) in [6, 6.07) is 14.6.